The van der Waals surface area contributed by atoms with Crippen LogP contribution in [0.3, 0.4) is 0 Å². The molecule has 0 unspecified atom stereocenters. The zero-order valence-electron chi connectivity index (χ0n) is 20.5. The van der Waals surface area contributed by atoms with E-state index in [2.05, 4.69) is 25.8 Å². The highest BCUT2D eigenvalue weighted by atomic mass is 16.5. The van der Waals surface area contributed by atoms with Crippen molar-refractivity contribution in [2.75, 3.05) is 25.0 Å². The van der Waals surface area contributed by atoms with Crippen LogP contribution in [0, 0.1) is 6.92 Å². The van der Waals surface area contributed by atoms with Gasteiger partial charge in [-0.25, -0.2) is 9.78 Å². The highest BCUT2D eigenvalue weighted by molar-refractivity contribution is 5.93. The summed E-state index contributed by atoms with van der Waals surface area (Å²) in [4.78, 5) is 18.6. The molecule has 186 valence electrons. The molecule has 0 bridgehead atoms. The smallest absolute Gasteiger partial charge is 0.317 e. The number of hydrogen-bond donors (Lipinski definition) is 3. The van der Waals surface area contributed by atoms with Gasteiger partial charge in [0.1, 0.15) is 28.4 Å². The highest BCUT2D eigenvalue weighted by Gasteiger charge is 2.25. The number of ether oxygens (including phenoxy) is 2. The predicted octanol–water partition coefficient (Wildman–Crippen LogP) is 5.46. The number of aromatic amines is 1. The largest absolute Gasteiger partial charge is 0.457 e. The number of pyridine rings is 1. The fourth-order valence-corrected chi connectivity index (χ4v) is 4.39. The van der Waals surface area contributed by atoms with Crippen LogP contribution in [0.25, 0.3) is 11.0 Å². The van der Waals surface area contributed by atoms with Gasteiger partial charge in [0, 0.05) is 37.9 Å². The molecule has 36 heavy (non-hydrogen) atoms. The van der Waals surface area contributed by atoms with Crippen LogP contribution < -0.4 is 20.1 Å². The molecular weight excluding hydrogens is 456 g/mol. The van der Waals surface area contributed by atoms with Gasteiger partial charge in [0.15, 0.2) is 11.5 Å². The molecule has 2 aromatic carbocycles. The van der Waals surface area contributed by atoms with E-state index in [-0.39, 0.29) is 12.1 Å². The molecule has 3 heterocycles. The minimum Gasteiger partial charge on any atom is -0.457 e. The van der Waals surface area contributed by atoms with E-state index in [1.54, 1.807) is 6.20 Å². The number of likely N-dealkylation sites (tertiary alicyclic amines) is 1. The van der Waals surface area contributed by atoms with Crippen molar-refractivity contribution in [2.45, 2.75) is 32.7 Å². The number of amides is 2. The number of H-pyrrole nitrogens is 1. The first-order valence-corrected chi connectivity index (χ1v) is 12.2. The second-order valence-electron chi connectivity index (χ2n) is 8.81. The summed E-state index contributed by atoms with van der Waals surface area (Å²) in [5.41, 5.74) is 1.57. The molecule has 3 N–H and O–H groups in total. The Kier molecular flexibility index (Phi) is 6.88. The molecule has 0 saturated carbocycles. The predicted molar refractivity (Wildman–Crippen MR) is 139 cm³/mol. The number of carbonyl (C=O) groups excluding carboxylic acids is 1. The summed E-state index contributed by atoms with van der Waals surface area (Å²) in [6.45, 7) is 5.89. The Morgan fingerprint density at radius 2 is 1.97 bits per heavy atom. The number of nitrogens with one attached hydrogen (secondary N) is 3. The second kappa shape index (κ2) is 10.6. The van der Waals surface area contributed by atoms with Gasteiger partial charge in [-0.05, 0) is 62.6 Å². The van der Waals surface area contributed by atoms with E-state index < -0.39 is 0 Å². The quantitative estimate of drug-likeness (QED) is 0.321. The van der Waals surface area contributed by atoms with E-state index >= 15 is 0 Å². The normalized spacial score (nSPS) is 15.5. The van der Waals surface area contributed by atoms with Crippen LogP contribution in [0.2, 0.25) is 0 Å². The Morgan fingerprint density at radius 1 is 1.11 bits per heavy atom. The molecule has 1 aliphatic heterocycles. The van der Waals surface area contributed by atoms with E-state index in [1.807, 2.05) is 73.3 Å². The van der Waals surface area contributed by atoms with Gasteiger partial charge in [-0.1, -0.05) is 18.2 Å². The average molecular weight is 487 g/mol. The number of aryl methyl sites for hydroxylation is 1. The molecule has 0 spiro atoms. The number of hydrogen-bond acceptors (Lipinski definition) is 6. The molecule has 1 fully saturated rings. The maximum atomic E-state index is 12.3. The number of benzene rings is 2. The topological polar surface area (TPSA) is 104 Å². The second-order valence-corrected chi connectivity index (χ2v) is 8.81. The number of urea groups is 1. The first-order valence-electron chi connectivity index (χ1n) is 12.2. The lowest BCUT2D eigenvalue weighted by molar-refractivity contribution is 0.183. The van der Waals surface area contributed by atoms with Crippen molar-refractivity contribution in [2.24, 2.45) is 0 Å². The molecule has 0 aliphatic carbocycles. The van der Waals surface area contributed by atoms with E-state index in [0.717, 1.165) is 47.6 Å². The average Bonchev–Trinajstić information content (AvgIpc) is 3.30. The third-order valence-electron chi connectivity index (χ3n) is 6.15. The van der Waals surface area contributed by atoms with Gasteiger partial charge in [-0.3, -0.25) is 5.10 Å². The summed E-state index contributed by atoms with van der Waals surface area (Å²) < 4.78 is 12.3. The lowest BCUT2D eigenvalue weighted by Gasteiger charge is -2.33. The Balaban J connectivity index is 1.34. The van der Waals surface area contributed by atoms with Crippen LogP contribution >= 0.6 is 0 Å². The van der Waals surface area contributed by atoms with Gasteiger partial charge in [0.05, 0.1) is 0 Å². The summed E-state index contributed by atoms with van der Waals surface area (Å²) in [7, 11) is 0. The van der Waals surface area contributed by atoms with Gasteiger partial charge in [-0.2, -0.15) is 5.10 Å². The van der Waals surface area contributed by atoms with Gasteiger partial charge >= 0.3 is 6.03 Å². The third-order valence-corrected chi connectivity index (χ3v) is 6.15. The fraction of sp³-hybridized carbons (Fsp3) is 0.296. The third kappa shape index (κ3) is 5.19. The number of para-hydroxylation sites is 1. The van der Waals surface area contributed by atoms with Crippen molar-refractivity contribution in [3.63, 3.8) is 0 Å². The molecule has 1 saturated heterocycles. The Morgan fingerprint density at radius 3 is 2.78 bits per heavy atom. The van der Waals surface area contributed by atoms with Crippen molar-refractivity contribution in [1.82, 2.24) is 25.4 Å². The van der Waals surface area contributed by atoms with Gasteiger partial charge in [-0.15, -0.1) is 0 Å². The van der Waals surface area contributed by atoms with E-state index in [0.29, 0.717) is 30.3 Å². The van der Waals surface area contributed by atoms with Crippen LogP contribution in [0.5, 0.6) is 23.0 Å². The maximum absolute atomic E-state index is 12.3. The zero-order chi connectivity index (χ0) is 24.9. The van der Waals surface area contributed by atoms with E-state index in [4.69, 9.17) is 9.47 Å². The SMILES string of the molecule is CCNC(=O)N1CCC[C@@H](Nc2n[nH]c3nccc(Oc4ccc(Oc5ccccc5)cc4C)c23)C1. The van der Waals surface area contributed by atoms with Crippen molar-refractivity contribution in [1.29, 1.82) is 0 Å². The minimum atomic E-state index is -0.0308. The molecule has 1 atom stereocenters. The van der Waals surface area contributed by atoms with Crippen molar-refractivity contribution >= 4 is 22.9 Å². The summed E-state index contributed by atoms with van der Waals surface area (Å²) in [6, 6.07) is 17.3. The van der Waals surface area contributed by atoms with Crippen LogP contribution in [0.1, 0.15) is 25.3 Å². The molecule has 5 rings (SSSR count). The minimum absolute atomic E-state index is 0.0308. The molecule has 2 aromatic heterocycles. The van der Waals surface area contributed by atoms with Crippen molar-refractivity contribution < 1.29 is 14.3 Å². The fourth-order valence-electron chi connectivity index (χ4n) is 4.39. The zero-order valence-corrected chi connectivity index (χ0v) is 20.5. The number of piperidine rings is 1. The summed E-state index contributed by atoms with van der Waals surface area (Å²) in [5.74, 6) is 3.55. The number of carbonyl (C=O) groups is 1. The molecule has 9 heteroatoms. The number of anilines is 1. The van der Waals surface area contributed by atoms with E-state index in [1.165, 1.54) is 0 Å². The summed E-state index contributed by atoms with van der Waals surface area (Å²) in [6.07, 6.45) is 3.57. The van der Waals surface area contributed by atoms with Crippen LogP contribution in [0.15, 0.2) is 60.8 Å². The monoisotopic (exact) mass is 486 g/mol. The van der Waals surface area contributed by atoms with Gasteiger partial charge in [0.25, 0.3) is 0 Å². The van der Waals surface area contributed by atoms with Crippen LogP contribution in [-0.4, -0.2) is 51.8 Å². The van der Waals surface area contributed by atoms with Crippen molar-refractivity contribution in [3.8, 4) is 23.0 Å². The Bertz CT molecular complexity index is 1340. The van der Waals surface area contributed by atoms with Gasteiger partial charge < -0.3 is 25.0 Å². The van der Waals surface area contributed by atoms with Crippen molar-refractivity contribution in [3.05, 3.63) is 66.4 Å². The molecule has 2 amide bonds. The maximum Gasteiger partial charge on any atom is 0.317 e. The summed E-state index contributed by atoms with van der Waals surface area (Å²) >= 11 is 0. The number of fused-ring (bicyclic) bond motifs is 1. The molecule has 9 nitrogen and oxygen atoms in total. The summed E-state index contributed by atoms with van der Waals surface area (Å²) in [5, 5.41) is 14.6. The number of aromatic nitrogens is 3. The highest BCUT2D eigenvalue weighted by Crippen LogP contribution is 2.36. The molecular formula is C27H30N6O3. The Hall–Kier alpha value is -4.27. The lowest BCUT2D eigenvalue weighted by atomic mass is 10.1. The standard InChI is InChI=1S/C27H30N6O3/c1-3-28-27(34)33-15-7-8-19(17-33)30-26-24-23(13-14-29-25(24)31-32-26)36-22-12-11-21(16-18(22)2)35-20-9-5-4-6-10-20/h4-6,9-14,16,19H,3,7-8,15,17H2,1-2H3,(H,28,34)(H2,29,30,31,32)/t19-/m1/s1. The first kappa shape index (κ1) is 23.5. The molecule has 1 aliphatic rings. The first-order chi connectivity index (χ1) is 17.6. The Labute approximate surface area is 209 Å². The molecule has 4 aromatic rings. The molecule has 0 radical (unpaired) electrons. The number of nitrogens with zero attached hydrogens (tertiary/aromatic N) is 3. The van der Waals surface area contributed by atoms with Crippen LogP contribution in [0.4, 0.5) is 10.6 Å². The van der Waals surface area contributed by atoms with Crippen LogP contribution in [-0.2, 0) is 0 Å². The lowest BCUT2D eigenvalue weighted by Crippen LogP contribution is -2.49. The van der Waals surface area contributed by atoms with Gasteiger partial charge in [0.2, 0.25) is 0 Å². The van der Waals surface area contributed by atoms with E-state index in [9.17, 15) is 4.79 Å². The number of rotatable bonds is 7.